The molecule has 1 amide bonds. The fourth-order valence-electron chi connectivity index (χ4n) is 2.94. The highest BCUT2D eigenvalue weighted by Crippen LogP contribution is 2.26. The number of aromatic nitrogens is 3. The molecule has 0 unspecified atom stereocenters. The molecule has 0 spiro atoms. The van der Waals surface area contributed by atoms with Gasteiger partial charge in [0.15, 0.2) is 0 Å². The molecule has 0 bridgehead atoms. The van der Waals surface area contributed by atoms with E-state index in [2.05, 4.69) is 9.67 Å². The van der Waals surface area contributed by atoms with Crippen molar-refractivity contribution in [2.45, 2.75) is 39.4 Å². The molecule has 6 heteroatoms. The molecule has 6 nitrogen and oxygen atoms in total. The maximum atomic E-state index is 12.7. The fourth-order valence-corrected chi connectivity index (χ4v) is 2.94. The van der Waals surface area contributed by atoms with Gasteiger partial charge in [-0.15, -0.1) is 0 Å². The fraction of sp³-hybridized carbons (Fsp3) is 0.438. The monoisotopic (exact) mass is 300 g/mol. The molecular weight excluding hydrogens is 280 g/mol. The van der Waals surface area contributed by atoms with E-state index in [4.69, 9.17) is 0 Å². The highest BCUT2D eigenvalue weighted by molar-refractivity contribution is 5.92. The largest absolute Gasteiger partial charge is 0.348 e. The Morgan fingerprint density at radius 2 is 2.14 bits per heavy atom. The lowest BCUT2D eigenvalue weighted by Crippen LogP contribution is -2.41. The van der Waals surface area contributed by atoms with Gasteiger partial charge in [0, 0.05) is 37.6 Å². The average Bonchev–Trinajstić information content (AvgIpc) is 2.99. The van der Waals surface area contributed by atoms with E-state index in [1.165, 1.54) is 16.8 Å². The molecule has 0 fully saturated rings. The van der Waals surface area contributed by atoms with Crippen molar-refractivity contribution in [3.63, 3.8) is 0 Å². The standard InChI is InChI=1S/C16H20N4O2/c1-3-8-20-15(21)7-6-13(17-20)16(22)19-11-10-18-9-4-5-14(18)12(19)2/h4-7,9,12H,3,8,10-11H2,1-2H3/t12-/m0/s1. The summed E-state index contributed by atoms with van der Waals surface area (Å²) in [6.07, 6.45) is 2.84. The van der Waals surface area contributed by atoms with Gasteiger partial charge in [-0.05, 0) is 31.5 Å². The number of carbonyl (C=O) groups excluding carboxylic acids is 1. The van der Waals surface area contributed by atoms with Crippen LogP contribution in [0.1, 0.15) is 42.5 Å². The summed E-state index contributed by atoms with van der Waals surface area (Å²) >= 11 is 0. The van der Waals surface area contributed by atoms with Crippen LogP contribution in [0.2, 0.25) is 0 Å². The maximum absolute atomic E-state index is 12.7. The van der Waals surface area contributed by atoms with Crippen LogP contribution in [-0.2, 0) is 13.1 Å². The molecule has 0 N–H and O–H groups in total. The van der Waals surface area contributed by atoms with Gasteiger partial charge in [0.1, 0.15) is 5.69 Å². The van der Waals surface area contributed by atoms with Crippen LogP contribution in [0.5, 0.6) is 0 Å². The Bertz CT molecular complexity index is 747. The second-order valence-electron chi connectivity index (χ2n) is 5.58. The molecule has 0 aromatic carbocycles. The number of hydrogen-bond donors (Lipinski definition) is 0. The van der Waals surface area contributed by atoms with E-state index in [-0.39, 0.29) is 17.5 Å². The van der Waals surface area contributed by atoms with Crippen molar-refractivity contribution in [3.05, 3.63) is 52.2 Å². The Morgan fingerprint density at radius 3 is 2.91 bits per heavy atom. The number of fused-ring (bicyclic) bond motifs is 1. The van der Waals surface area contributed by atoms with Crippen LogP contribution < -0.4 is 5.56 Å². The molecule has 0 saturated carbocycles. The number of rotatable bonds is 3. The highest BCUT2D eigenvalue weighted by atomic mass is 16.2. The van der Waals surface area contributed by atoms with Crippen molar-refractivity contribution in [2.24, 2.45) is 0 Å². The molecule has 2 aromatic heterocycles. The van der Waals surface area contributed by atoms with Crippen molar-refractivity contribution in [1.29, 1.82) is 0 Å². The number of nitrogens with zero attached hydrogens (tertiary/aromatic N) is 4. The van der Waals surface area contributed by atoms with E-state index >= 15 is 0 Å². The van der Waals surface area contributed by atoms with E-state index in [1.54, 1.807) is 0 Å². The zero-order valence-electron chi connectivity index (χ0n) is 12.9. The van der Waals surface area contributed by atoms with Gasteiger partial charge in [-0.25, -0.2) is 4.68 Å². The molecule has 0 saturated heterocycles. The lowest BCUT2D eigenvalue weighted by Gasteiger charge is -2.34. The maximum Gasteiger partial charge on any atom is 0.274 e. The summed E-state index contributed by atoms with van der Waals surface area (Å²) in [6.45, 7) is 5.95. The van der Waals surface area contributed by atoms with Crippen molar-refractivity contribution < 1.29 is 4.79 Å². The summed E-state index contributed by atoms with van der Waals surface area (Å²) < 4.78 is 3.53. The first kappa shape index (κ1) is 14.6. The molecule has 1 aliphatic heterocycles. The van der Waals surface area contributed by atoms with Crippen LogP contribution in [0.15, 0.2) is 35.3 Å². The predicted octanol–water partition coefficient (Wildman–Crippen LogP) is 1.67. The lowest BCUT2D eigenvalue weighted by molar-refractivity contribution is 0.0635. The van der Waals surface area contributed by atoms with Crippen molar-refractivity contribution in [3.8, 4) is 0 Å². The summed E-state index contributed by atoms with van der Waals surface area (Å²) in [7, 11) is 0. The SMILES string of the molecule is CCCn1nc(C(=O)N2CCn3cccc3[C@@H]2C)ccc1=O. The highest BCUT2D eigenvalue weighted by Gasteiger charge is 2.29. The van der Waals surface area contributed by atoms with Gasteiger partial charge in [-0.3, -0.25) is 9.59 Å². The molecule has 3 rings (SSSR count). The van der Waals surface area contributed by atoms with Gasteiger partial charge in [-0.2, -0.15) is 5.10 Å². The van der Waals surface area contributed by atoms with E-state index in [0.29, 0.717) is 18.8 Å². The Kier molecular flexibility index (Phi) is 3.83. The average molecular weight is 300 g/mol. The van der Waals surface area contributed by atoms with Crippen LogP contribution >= 0.6 is 0 Å². The Labute approximate surface area is 129 Å². The molecule has 1 atom stereocenters. The van der Waals surface area contributed by atoms with E-state index in [1.807, 2.05) is 37.1 Å². The zero-order chi connectivity index (χ0) is 15.7. The molecule has 2 aromatic rings. The van der Waals surface area contributed by atoms with Gasteiger partial charge in [0.05, 0.1) is 6.04 Å². The molecule has 1 aliphatic rings. The van der Waals surface area contributed by atoms with Crippen LogP contribution in [0.3, 0.4) is 0 Å². The first-order chi connectivity index (χ1) is 10.6. The smallest absolute Gasteiger partial charge is 0.274 e. The van der Waals surface area contributed by atoms with E-state index in [0.717, 1.165) is 18.7 Å². The summed E-state index contributed by atoms with van der Waals surface area (Å²) in [5, 5.41) is 4.22. The van der Waals surface area contributed by atoms with Crippen molar-refractivity contribution in [2.75, 3.05) is 6.54 Å². The molecule has 116 valence electrons. The van der Waals surface area contributed by atoms with Gasteiger partial charge in [-0.1, -0.05) is 6.92 Å². The zero-order valence-corrected chi connectivity index (χ0v) is 12.9. The van der Waals surface area contributed by atoms with E-state index in [9.17, 15) is 9.59 Å². The first-order valence-electron chi connectivity index (χ1n) is 7.66. The molecule has 22 heavy (non-hydrogen) atoms. The minimum atomic E-state index is -0.168. The Hall–Kier alpha value is -2.37. The molecule has 0 radical (unpaired) electrons. The topological polar surface area (TPSA) is 60.1 Å². The molecular formula is C16H20N4O2. The lowest BCUT2D eigenvalue weighted by atomic mass is 10.1. The minimum Gasteiger partial charge on any atom is -0.348 e. The summed E-state index contributed by atoms with van der Waals surface area (Å²) in [5.41, 5.74) is 1.29. The second-order valence-corrected chi connectivity index (χ2v) is 5.58. The van der Waals surface area contributed by atoms with Crippen LogP contribution in [0.25, 0.3) is 0 Å². The minimum absolute atomic E-state index is 0.00426. The third-order valence-corrected chi connectivity index (χ3v) is 4.12. The van der Waals surface area contributed by atoms with Crippen molar-refractivity contribution in [1.82, 2.24) is 19.2 Å². The van der Waals surface area contributed by atoms with Gasteiger partial charge >= 0.3 is 0 Å². The molecule has 3 heterocycles. The number of hydrogen-bond acceptors (Lipinski definition) is 3. The second kappa shape index (κ2) is 5.79. The summed E-state index contributed by atoms with van der Waals surface area (Å²) in [4.78, 5) is 26.3. The predicted molar refractivity (Wildman–Crippen MR) is 82.7 cm³/mol. The van der Waals surface area contributed by atoms with Crippen LogP contribution in [0, 0.1) is 0 Å². The van der Waals surface area contributed by atoms with Crippen LogP contribution in [-0.4, -0.2) is 31.7 Å². The van der Waals surface area contributed by atoms with Crippen molar-refractivity contribution >= 4 is 5.91 Å². The summed E-state index contributed by atoms with van der Waals surface area (Å²) in [6, 6.07) is 6.99. The van der Waals surface area contributed by atoms with Crippen LogP contribution in [0.4, 0.5) is 0 Å². The third kappa shape index (κ3) is 2.45. The van der Waals surface area contributed by atoms with Gasteiger partial charge in [0.25, 0.3) is 11.5 Å². The Balaban J connectivity index is 1.89. The number of carbonyl (C=O) groups is 1. The summed E-state index contributed by atoms with van der Waals surface area (Å²) in [5.74, 6) is -0.121. The number of amides is 1. The normalized spacial score (nSPS) is 17.4. The molecule has 0 aliphatic carbocycles. The van der Waals surface area contributed by atoms with Gasteiger partial charge in [0.2, 0.25) is 0 Å². The third-order valence-electron chi connectivity index (χ3n) is 4.12. The Morgan fingerprint density at radius 1 is 1.32 bits per heavy atom. The quantitative estimate of drug-likeness (QED) is 0.866. The first-order valence-corrected chi connectivity index (χ1v) is 7.66. The van der Waals surface area contributed by atoms with Gasteiger partial charge < -0.3 is 9.47 Å². The van der Waals surface area contributed by atoms with E-state index < -0.39 is 0 Å². The number of aryl methyl sites for hydroxylation is 1.